The van der Waals surface area contributed by atoms with Crippen molar-refractivity contribution in [1.29, 1.82) is 0 Å². The molecule has 3 aromatic rings. The van der Waals surface area contributed by atoms with Gasteiger partial charge in [0, 0.05) is 6.42 Å². The van der Waals surface area contributed by atoms with Crippen LogP contribution in [0.25, 0.3) is 11.4 Å². The van der Waals surface area contributed by atoms with Crippen molar-refractivity contribution in [3.63, 3.8) is 0 Å². The van der Waals surface area contributed by atoms with Crippen LogP contribution in [0.2, 0.25) is 0 Å². The lowest BCUT2D eigenvalue weighted by Gasteiger charge is -2.15. The van der Waals surface area contributed by atoms with Gasteiger partial charge in [0.2, 0.25) is 5.88 Å². The number of nitrogens with zero attached hydrogens (tertiary/aromatic N) is 2. The molecule has 33 heavy (non-hydrogen) atoms. The number of benzene rings is 2. The third kappa shape index (κ3) is 7.38. The second kappa shape index (κ2) is 13.3. The quantitative estimate of drug-likeness (QED) is 0.234. The summed E-state index contributed by atoms with van der Waals surface area (Å²) in [4.78, 5) is 23.9. The fourth-order valence-corrected chi connectivity index (χ4v) is 3.86. The third-order valence-electron chi connectivity index (χ3n) is 5.62. The molecule has 0 radical (unpaired) electrons. The summed E-state index contributed by atoms with van der Waals surface area (Å²) in [7, 11) is 1.44. The zero-order valence-corrected chi connectivity index (χ0v) is 19.4. The zero-order chi connectivity index (χ0) is 23.3. The minimum Gasteiger partial charge on any atom is -0.478 e. The Morgan fingerprint density at radius 2 is 1.24 bits per heavy atom. The second-order valence-corrected chi connectivity index (χ2v) is 8.12. The van der Waals surface area contributed by atoms with Crippen molar-refractivity contribution >= 4 is 5.97 Å². The number of aromatic nitrogens is 2. The summed E-state index contributed by atoms with van der Waals surface area (Å²) in [5, 5.41) is 0. The van der Waals surface area contributed by atoms with Gasteiger partial charge in [0.1, 0.15) is 0 Å². The Hall–Kier alpha value is -3.28. The van der Waals surface area contributed by atoms with Crippen molar-refractivity contribution in [3.05, 3.63) is 77.1 Å². The largest absolute Gasteiger partial charge is 0.478 e. The fourth-order valence-electron chi connectivity index (χ4n) is 3.86. The maximum Gasteiger partial charge on any atom is 0.305 e. The summed E-state index contributed by atoms with van der Waals surface area (Å²) in [6, 6.07) is 21.0. The molecule has 0 aliphatic rings. The molecule has 0 aliphatic carbocycles. The molecule has 1 aromatic heterocycles. The minimum atomic E-state index is -0.119. The van der Waals surface area contributed by atoms with E-state index in [0.29, 0.717) is 18.9 Å². The van der Waals surface area contributed by atoms with Crippen LogP contribution in [0.5, 0.6) is 5.88 Å². The van der Waals surface area contributed by atoms with Crippen LogP contribution in [0.3, 0.4) is 0 Å². The molecule has 0 spiro atoms. The van der Waals surface area contributed by atoms with Gasteiger partial charge in [-0.1, -0.05) is 74.9 Å². The van der Waals surface area contributed by atoms with E-state index in [0.717, 1.165) is 49.9 Å². The molecule has 0 unspecified atom stereocenters. The standard InChI is InChI=1S/C27H34N2O4/c1-32-27(31)20-14-6-4-2-3-5-7-15-21-33-26-22-25(30)28(23-16-10-8-11-17-23)29(26)24-18-12-9-13-19-24/h8-13,16-19,22H,2-7,14-15,20-21H2,1H3. The van der Waals surface area contributed by atoms with Crippen molar-refractivity contribution in [2.45, 2.75) is 57.8 Å². The smallest absolute Gasteiger partial charge is 0.305 e. The first kappa shape index (κ1) is 24.4. The molecule has 0 saturated carbocycles. The van der Waals surface area contributed by atoms with Crippen LogP contribution in [0.15, 0.2) is 71.5 Å². The van der Waals surface area contributed by atoms with E-state index in [4.69, 9.17) is 4.74 Å². The highest BCUT2D eigenvalue weighted by molar-refractivity contribution is 5.68. The van der Waals surface area contributed by atoms with E-state index < -0.39 is 0 Å². The number of esters is 1. The normalized spacial score (nSPS) is 10.8. The van der Waals surface area contributed by atoms with Gasteiger partial charge in [-0.15, -0.1) is 0 Å². The predicted octanol–water partition coefficient (Wildman–Crippen LogP) is 5.69. The molecule has 0 amide bonds. The topological polar surface area (TPSA) is 62.5 Å². The van der Waals surface area contributed by atoms with Crippen molar-refractivity contribution in [2.75, 3.05) is 13.7 Å². The van der Waals surface area contributed by atoms with Crippen LogP contribution < -0.4 is 10.3 Å². The van der Waals surface area contributed by atoms with Crippen molar-refractivity contribution in [3.8, 4) is 17.3 Å². The van der Waals surface area contributed by atoms with Gasteiger partial charge >= 0.3 is 5.97 Å². The predicted molar refractivity (Wildman–Crippen MR) is 130 cm³/mol. The highest BCUT2D eigenvalue weighted by Crippen LogP contribution is 2.20. The first-order chi connectivity index (χ1) is 16.2. The van der Waals surface area contributed by atoms with Crippen LogP contribution in [0.4, 0.5) is 0 Å². The Labute approximate surface area is 195 Å². The highest BCUT2D eigenvalue weighted by atomic mass is 16.5. The number of carbonyl (C=O) groups excluding carboxylic acids is 1. The Bertz CT molecular complexity index is 1030. The number of hydrogen-bond acceptors (Lipinski definition) is 4. The molecule has 0 fully saturated rings. The number of unbranched alkanes of at least 4 members (excludes halogenated alkanes) is 7. The van der Waals surface area contributed by atoms with Crippen molar-refractivity contribution < 1.29 is 14.3 Å². The summed E-state index contributed by atoms with van der Waals surface area (Å²) >= 11 is 0. The van der Waals surface area contributed by atoms with Crippen LogP contribution in [0, 0.1) is 0 Å². The molecule has 0 bridgehead atoms. The number of ether oxygens (including phenoxy) is 2. The van der Waals surface area contributed by atoms with E-state index in [9.17, 15) is 9.59 Å². The monoisotopic (exact) mass is 450 g/mol. The van der Waals surface area contributed by atoms with Gasteiger partial charge in [-0.25, -0.2) is 9.36 Å². The summed E-state index contributed by atoms with van der Waals surface area (Å²) < 4.78 is 14.2. The fraction of sp³-hybridized carbons (Fsp3) is 0.407. The van der Waals surface area contributed by atoms with Crippen LogP contribution in [0.1, 0.15) is 57.8 Å². The van der Waals surface area contributed by atoms with Crippen molar-refractivity contribution in [1.82, 2.24) is 9.36 Å². The number of para-hydroxylation sites is 2. The van der Waals surface area contributed by atoms with Crippen molar-refractivity contribution in [2.24, 2.45) is 0 Å². The lowest BCUT2D eigenvalue weighted by atomic mass is 10.1. The summed E-state index contributed by atoms with van der Waals surface area (Å²) in [6.07, 6.45) is 9.25. The molecule has 0 N–H and O–H groups in total. The number of methoxy groups -OCH3 is 1. The lowest BCUT2D eigenvalue weighted by Crippen LogP contribution is -2.20. The summed E-state index contributed by atoms with van der Waals surface area (Å²) in [5.74, 6) is 0.437. The molecular weight excluding hydrogens is 416 g/mol. The molecule has 1 heterocycles. The van der Waals surface area contributed by atoms with E-state index in [-0.39, 0.29) is 11.5 Å². The average molecular weight is 451 g/mol. The Kier molecular flexibility index (Phi) is 9.83. The molecule has 6 nitrogen and oxygen atoms in total. The van der Waals surface area contributed by atoms with Gasteiger partial charge in [0.25, 0.3) is 5.56 Å². The molecule has 2 aromatic carbocycles. The maximum atomic E-state index is 12.8. The molecule has 0 aliphatic heterocycles. The van der Waals surface area contributed by atoms with Crippen LogP contribution >= 0.6 is 0 Å². The van der Waals surface area contributed by atoms with Gasteiger partial charge < -0.3 is 9.47 Å². The van der Waals surface area contributed by atoms with Gasteiger partial charge in [0.05, 0.1) is 31.2 Å². The van der Waals surface area contributed by atoms with E-state index in [2.05, 4.69) is 4.74 Å². The van der Waals surface area contributed by atoms with E-state index >= 15 is 0 Å². The van der Waals surface area contributed by atoms with Gasteiger partial charge in [-0.2, -0.15) is 0 Å². The molecular formula is C27H34N2O4. The SMILES string of the molecule is COC(=O)CCCCCCCCCCOc1cc(=O)n(-c2ccccc2)n1-c1ccccc1. The molecule has 176 valence electrons. The summed E-state index contributed by atoms with van der Waals surface area (Å²) in [5.41, 5.74) is 1.56. The van der Waals surface area contributed by atoms with Gasteiger partial charge in [-0.05, 0) is 37.1 Å². The third-order valence-corrected chi connectivity index (χ3v) is 5.62. The summed E-state index contributed by atoms with van der Waals surface area (Å²) in [6.45, 7) is 0.574. The lowest BCUT2D eigenvalue weighted by molar-refractivity contribution is -0.140. The Balaban J connectivity index is 1.48. The first-order valence-corrected chi connectivity index (χ1v) is 11.9. The molecule has 0 saturated heterocycles. The van der Waals surface area contributed by atoms with E-state index in [1.165, 1.54) is 20.0 Å². The Morgan fingerprint density at radius 1 is 0.727 bits per heavy atom. The van der Waals surface area contributed by atoms with Gasteiger partial charge in [-0.3, -0.25) is 9.59 Å². The highest BCUT2D eigenvalue weighted by Gasteiger charge is 2.15. The number of rotatable bonds is 14. The Morgan fingerprint density at radius 3 is 1.82 bits per heavy atom. The van der Waals surface area contributed by atoms with E-state index in [1.54, 1.807) is 10.7 Å². The number of carbonyl (C=O) groups is 1. The average Bonchev–Trinajstić information content (AvgIpc) is 3.19. The molecule has 6 heteroatoms. The minimum absolute atomic E-state index is 0.118. The first-order valence-electron chi connectivity index (χ1n) is 11.9. The van der Waals surface area contributed by atoms with Crippen LogP contribution in [-0.4, -0.2) is 29.0 Å². The van der Waals surface area contributed by atoms with E-state index in [1.807, 2.05) is 65.3 Å². The molecule has 0 atom stereocenters. The molecule has 3 rings (SSSR count). The van der Waals surface area contributed by atoms with Crippen LogP contribution in [-0.2, 0) is 9.53 Å². The zero-order valence-electron chi connectivity index (χ0n) is 19.4. The van der Waals surface area contributed by atoms with Gasteiger partial charge in [0.15, 0.2) is 0 Å². The number of hydrogen-bond donors (Lipinski definition) is 0. The maximum absolute atomic E-state index is 12.8. The second-order valence-electron chi connectivity index (χ2n) is 8.12.